The topological polar surface area (TPSA) is 18.5 Å². The van der Waals surface area contributed by atoms with Crippen molar-refractivity contribution in [2.75, 3.05) is 14.2 Å². The van der Waals surface area contributed by atoms with E-state index >= 15 is 0 Å². The number of benzene rings is 2. The number of alkyl halides is 1. The van der Waals surface area contributed by atoms with Gasteiger partial charge in [-0.15, -0.1) is 0 Å². The summed E-state index contributed by atoms with van der Waals surface area (Å²) in [6.45, 7) is 4.28. The predicted molar refractivity (Wildman–Crippen MR) is 90.8 cm³/mol. The van der Waals surface area contributed by atoms with Gasteiger partial charge in [0.25, 0.3) is 0 Å². The molecular weight excluding hydrogens is 328 g/mol. The molecule has 2 aromatic rings. The first-order chi connectivity index (χ1) is 10.1. The fourth-order valence-electron chi connectivity index (χ4n) is 2.41. The summed E-state index contributed by atoms with van der Waals surface area (Å²) in [5.41, 5.74) is 5.06. The van der Waals surface area contributed by atoms with Gasteiger partial charge in [0.1, 0.15) is 0 Å². The van der Waals surface area contributed by atoms with Crippen LogP contribution < -0.4 is 9.47 Å². The lowest BCUT2D eigenvalue weighted by molar-refractivity contribution is 0.351. The smallest absolute Gasteiger partial charge is 0.165 e. The van der Waals surface area contributed by atoms with Gasteiger partial charge in [0.2, 0.25) is 0 Å². The second-order valence-electron chi connectivity index (χ2n) is 5.17. The molecule has 0 radical (unpaired) electrons. The highest BCUT2D eigenvalue weighted by Crippen LogP contribution is 2.39. The SMILES string of the molecule is COc1cccc(C(Br)Cc2ccc(C)c(C)c2)c1OC. The van der Waals surface area contributed by atoms with E-state index in [-0.39, 0.29) is 4.83 Å². The number of aryl methyl sites for hydroxylation is 2. The lowest BCUT2D eigenvalue weighted by Gasteiger charge is -2.17. The van der Waals surface area contributed by atoms with E-state index in [1.165, 1.54) is 16.7 Å². The van der Waals surface area contributed by atoms with Crippen molar-refractivity contribution in [1.82, 2.24) is 0 Å². The summed E-state index contributed by atoms with van der Waals surface area (Å²) < 4.78 is 10.9. The summed E-state index contributed by atoms with van der Waals surface area (Å²) in [5.74, 6) is 1.56. The van der Waals surface area contributed by atoms with Gasteiger partial charge in [0.05, 0.1) is 14.2 Å². The lowest BCUT2D eigenvalue weighted by Crippen LogP contribution is -2.01. The molecule has 0 aliphatic rings. The molecule has 0 aliphatic heterocycles. The van der Waals surface area contributed by atoms with Gasteiger partial charge in [-0.05, 0) is 43.0 Å². The van der Waals surface area contributed by atoms with Crippen molar-refractivity contribution in [2.24, 2.45) is 0 Å². The minimum absolute atomic E-state index is 0.185. The molecule has 3 heteroatoms. The molecule has 0 aliphatic carbocycles. The third-order valence-corrected chi connectivity index (χ3v) is 4.57. The summed E-state index contributed by atoms with van der Waals surface area (Å²) >= 11 is 3.79. The van der Waals surface area contributed by atoms with E-state index in [1.807, 2.05) is 12.1 Å². The maximum absolute atomic E-state index is 5.51. The highest BCUT2D eigenvalue weighted by Gasteiger charge is 2.17. The molecule has 2 aromatic carbocycles. The Hall–Kier alpha value is -1.48. The van der Waals surface area contributed by atoms with Crippen LogP contribution in [-0.4, -0.2) is 14.2 Å². The monoisotopic (exact) mass is 348 g/mol. The average Bonchev–Trinajstić information content (AvgIpc) is 2.49. The fourth-order valence-corrected chi connectivity index (χ4v) is 3.14. The third kappa shape index (κ3) is 3.59. The minimum atomic E-state index is 0.185. The summed E-state index contributed by atoms with van der Waals surface area (Å²) in [6, 6.07) is 12.6. The molecule has 0 heterocycles. The Morgan fingerprint density at radius 1 is 1.00 bits per heavy atom. The Morgan fingerprint density at radius 2 is 1.76 bits per heavy atom. The highest BCUT2D eigenvalue weighted by molar-refractivity contribution is 9.09. The summed E-state index contributed by atoms with van der Waals surface area (Å²) in [5, 5.41) is 0. The zero-order valence-electron chi connectivity index (χ0n) is 12.9. The number of ether oxygens (including phenoxy) is 2. The highest BCUT2D eigenvalue weighted by atomic mass is 79.9. The van der Waals surface area contributed by atoms with Crippen LogP contribution in [0.25, 0.3) is 0 Å². The van der Waals surface area contributed by atoms with Gasteiger partial charge in [0, 0.05) is 10.4 Å². The molecule has 0 spiro atoms. The average molecular weight is 349 g/mol. The Balaban J connectivity index is 2.27. The first kappa shape index (κ1) is 15.9. The van der Waals surface area contributed by atoms with Crippen molar-refractivity contribution in [3.8, 4) is 11.5 Å². The third-order valence-electron chi connectivity index (χ3n) is 3.76. The molecule has 112 valence electrons. The quantitative estimate of drug-likeness (QED) is 0.708. The van der Waals surface area contributed by atoms with Gasteiger partial charge in [-0.2, -0.15) is 0 Å². The number of halogens is 1. The van der Waals surface area contributed by atoms with Gasteiger partial charge >= 0.3 is 0 Å². The van der Waals surface area contributed by atoms with E-state index in [2.05, 4.69) is 54.0 Å². The second kappa shape index (κ2) is 6.99. The Morgan fingerprint density at radius 3 is 2.38 bits per heavy atom. The number of methoxy groups -OCH3 is 2. The molecule has 0 N–H and O–H groups in total. The van der Waals surface area contributed by atoms with Crippen LogP contribution in [0.4, 0.5) is 0 Å². The first-order valence-corrected chi connectivity index (χ1v) is 7.89. The molecule has 2 rings (SSSR count). The van der Waals surface area contributed by atoms with E-state index in [4.69, 9.17) is 9.47 Å². The molecular formula is C18H21BrO2. The molecule has 1 unspecified atom stereocenters. The van der Waals surface area contributed by atoms with E-state index in [0.717, 1.165) is 23.5 Å². The number of hydrogen-bond donors (Lipinski definition) is 0. The fraction of sp³-hybridized carbons (Fsp3) is 0.333. The Bertz CT molecular complexity index is 623. The standard InChI is InChI=1S/C18H21BrO2/c1-12-8-9-14(10-13(12)2)11-16(19)15-6-5-7-17(20-3)18(15)21-4/h5-10,16H,11H2,1-4H3. The number of para-hydroxylation sites is 1. The van der Waals surface area contributed by atoms with Gasteiger partial charge in [-0.3, -0.25) is 0 Å². The van der Waals surface area contributed by atoms with Crippen LogP contribution in [0.2, 0.25) is 0 Å². The van der Waals surface area contributed by atoms with Crippen LogP contribution in [0.15, 0.2) is 36.4 Å². The molecule has 21 heavy (non-hydrogen) atoms. The van der Waals surface area contributed by atoms with Crippen molar-refractivity contribution in [3.05, 3.63) is 58.7 Å². The maximum atomic E-state index is 5.51. The molecule has 0 saturated heterocycles. The molecule has 0 bridgehead atoms. The molecule has 2 nitrogen and oxygen atoms in total. The number of rotatable bonds is 5. The van der Waals surface area contributed by atoms with E-state index in [9.17, 15) is 0 Å². The minimum Gasteiger partial charge on any atom is -0.493 e. The summed E-state index contributed by atoms with van der Waals surface area (Å²) in [7, 11) is 3.34. The molecule has 0 fully saturated rings. The van der Waals surface area contributed by atoms with Crippen LogP contribution in [0.5, 0.6) is 11.5 Å². The zero-order valence-corrected chi connectivity index (χ0v) is 14.5. The van der Waals surface area contributed by atoms with Crippen LogP contribution in [0.3, 0.4) is 0 Å². The van der Waals surface area contributed by atoms with Crippen molar-refractivity contribution in [1.29, 1.82) is 0 Å². The van der Waals surface area contributed by atoms with Crippen LogP contribution in [-0.2, 0) is 6.42 Å². The van der Waals surface area contributed by atoms with Gasteiger partial charge in [-0.1, -0.05) is 46.3 Å². The maximum Gasteiger partial charge on any atom is 0.165 e. The van der Waals surface area contributed by atoms with E-state index < -0.39 is 0 Å². The van der Waals surface area contributed by atoms with Gasteiger partial charge in [-0.25, -0.2) is 0 Å². The van der Waals surface area contributed by atoms with Crippen LogP contribution in [0.1, 0.15) is 27.1 Å². The van der Waals surface area contributed by atoms with Crippen molar-refractivity contribution in [2.45, 2.75) is 25.1 Å². The van der Waals surface area contributed by atoms with Gasteiger partial charge in [0.15, 0.2) is 11.5 Å². The number of hydrogen-bond acceptors (Lipinski definition) is 2. The molecule has 0 amide bonds. The normalized spacial score (nSPS) is 12.0. The molecule has 0 aromatic heterocycles. The first-order valence-electron chi connectivity index (χ1n) is 6.98. The molecule has 0 saturated carbocycles. The van der Waals surface area contributed by atoms with Gasteiger partial charge < -0.3 is 9.47 Å². The largest absolute Gasteiger partial charge is 0.493 e. The van der Waals surface area contributed by atoms with Crippen LogP contribution in [0, 0.1) is 13.8 Å². The zero-order chi connectivity index (χ0) is 15.4. The summed E-state index contributed by atoms with van der Waals surface area (Å²) in [6.07, 6.45) is 0.907. The molecule has 1 atom stereocenters. The van der Waals surface area contributed by atoms with E-state index in [1.54, 1.807) is 14.2 Å². The predicted octanol–water partition coefficient (Wildman–Crippen LogP) is 5.00. The Kier molecular flexibility index (Phi) is 5.29. The lowest BCUT2D eigenvalue weighted by atomic mass is 10.00. The van der Waals surface area contributed by atoms with Crippen molar-refractivity contribution >= 4 is 15.9 Å². The van der Waals surface area contributed by atoms with Crippen molar-refractivity contribution in [3.63, 3.8) is 0 Å². The Labute approximate surface area is 135 Å². The summed E-state index contributed by atoms with van der Waals surface area (Å²) in [4.78, 5) is 0.185. The van der Waals surface area contributed by atoms with Crippen LogP contribution >= 0.6 is 15.9 Å². The van der Waals surface area contributed by atoms with Crippen molar-refractivity contribution < 1.29 is 9.47 Å². The second-order valence-corrected chi connectivity index (χ2v) is 6.28. The van der Waals surface area contributed by atoms with E-state index in [0.29, 0.717) is 0 Å².